The van der Waals surface area contributed by atoms with Gasteiger partial charge in [0.15, 0.2) is 0 Å². The zero-order valence-electron chi connectivity index (χ0n) is 12.9. The molecular weight excluding hydrogens is 270 g/mol. The maximum atomic E-state index is 4.60. The van der Waals surface area contributed by atoms with E-state index in [0.717, 1.165) is 23.3 Å². The Morgan fingerprint density at radius 3 is 2.64 bits per heavy atom. The molecule has 1 aliphatic rings. The summed E-state index contributed by atoms with van der Waals surface area (Å²) < 4.78 is 0. The lowest BCUT2D eigenvalue weighted by Crippen LogP contribution is -2.49. The predicted molar refractivity (Wildman–Crippen MR) is 90.0 cm³/mol. The van der Waals surface area contributed by atoms with Gasteiger partial charge in [0.1, 0.15) is 12.1 Å². The highest BCUT2D eigenvalue weighted by Gasteiger charge is 2.38. The first kappa shape index (κ1) is 13.3. The molecule has 1 saturated heterocycles. The first-order chi connectivity index (χ1) is 10.7. The molecular formula is C19H19N3. The van der Waals surface area contributed by atoms with E-state index in [1.165, 1.54) is 11.1 Å². The third-order valence-electron chi connectivity index (χ3n) is 4.54. The van der Waals surface area contributed by atoms with E-state index in [2.05, 4.69) is 77.2 Å². The van der Waals surface area contributed by atoms with E-state index in [4.69, 9.17) is 0 Å². The summed E-state index contributed by atoms with van der Waals surface area (Å²) in [6, 6.07) is 17.5. The molecule has 1 aromatic heterocycles. The highest BCUT2D eigenvalue weighted by atomic mass is 15.3. The molecule has 110 valence electrons. The largest absolute Gasteiger partial charge is 0.348 e. The fourth-order valence-electron chi connectivity index (χ4n) is 3.46. The summed E-state index contributed by atoms with van der Waals surface area (Å²) in [6.45, 7) is 5.46. The van der Waals surface area contributed by atoms with Gasteiger partial charge in [-0.15, -0.1) is 0 Å². The van der Waals surface area contributed by atoms with Crippen molar-refractivity contribution in [1.29, 1.82) is 0 Å². The van der Waals surface area contributed by atoms with Crippen molar-refractivity contribution >= 4 is 16.7 Å². The van der Waals surface area contributed by atoms with Crippen LogP contribution in [0.1, 0.15) is 24.1 Å². The lowest BCUT2D eigenvalue weighted by atomic mass is 9.84. The van der Waals surface area contributed by atoms with Crippen LogP contribution in [0.4, 0.5) is 5.82 Å². The number of nitrogens with zero attached hydrogens (tertiary/aromatic N) is 3. The maximum absolute atomic E-state index is 4.60. The van der Waals surface area contributed by atoms with Crippen molar-refractivity contribution in [3.8, 4) is 0 Å². The quantitative estimate of drug-likeness (QED) is 0.710. The lowest BCUT2D eigenvalue weighted by Gasteiger charge is -2.48. The molecule has 3 heteroatoms. The van der Waals surface area contributed by atoms with Crippen LogP contribution in [-0.4, -0.2) is 16.5 Å². The number of aryl methyl sites for hydroxylation is 1. The molecule has 0 spiro atoms. The minimum Gasteiger partial charge on any atom is -0.348 e. The van der Waals surface area contributed by atoms with E-state index in [0.29, 0.717) is 12.0 Å². The molecule has 0 N–H and O–H groups in total. The number of fused-ring (bicyclic) bond motifs is 1. The van der Waals surface area contributed by atoms with E-state index < -0.39 is 0 Å². The van der Waals surface area contributed by atoms with Crippen molar-refractivity contribution in [3.63, 3.8) is 0 Å². The fourth-order valence-corrected chi connectivity index (χ4v) is 3.46. The standard InChI is InChI=1S/C19H19N3/c1-13-8-9-17-16(10-13)19(21-12-20-17)22-11-14(2)18(22)15-6-4-3-5-7-15/h3-10,12,14,18H,11H2,1-2H3. The lowest BCUT2D eigenvalue weighted by molar-refractivity contribution is 0.323. The summed E-state index contributed by atoms with van der Waals surface area (Å²) in [5, 5.41) is 1.15. The molecule has 2 atom stereocenters. The smallest absolute Gasteiger partial charge is 0.140 e. The van der Waals surface area contributed by atoms with Crippen molar-refractivity contribution in [3.05, 3.63) is 66.0 Å². The van der Waals surface area contributed by atoms with Gasteiger partial charge in [0.2, 0.25) is 0 Å². The molecule has 1 fully saturated rings. The zero-order chi connectivity index (χ0) is 15.1. The SMILES string of the molecule is Cc1ccc2ncnc(N3CC(C)C3c3ccccc3)c2c1. The third-order valence-corrected chi connectivity index (χ3v) is 4.54. The molecule has 3 nitrogen and oxygen atoms in total. The van der Waals surface area contributed by atoms with Gasteiger partial charge in [0, 0.05) is 11.9 Å². The number of aromatic nitrogens is 2. The molecule has 3 aromatic rings. The minimum absolute atomic E-state index is 0.403. The van der Waals surface area contributed by atoms with E-state index in [1.54, 1.807) is 6.33 Å². The van der Waals surface area contributed by atoms with Gasteiger partial charge in [-0.05, 0) is 30.5 Å². The number of hydrogen-bond acceptors (Lipinski definition) is 3. The first-order valence-corrected chi connectivity index (χ1v) is 7.77. The maximum Gasteiger partial charge on any atom is 0.140 e. The summed E-state index contributed by atoms with van der Waals surface area (Å²) in [4.78, 5) is 11.4. The van der Waals surface area contributed by atoms with E-state index in [-0.39, 0.29) is 0 Å². The second kappa shape index (κ2) is 5.09. The summed E-state index contributed by atoms with van der Waals surface area (Å²) in [6.07, 6.45) is 1.68. The molecule has 0 bridgehead atoms. The zero-order valence-corrected chi connectivity index (χ0v) is 12.9. The minimum atomic E-state index is 0.403. The Labute approximate surface area is 130 Å². The average molecular weight is 289 g/mol. The van der Waals surface area contributed by atoms with Crippen molar-refractivity contribution in [1.82, 2.24) is 9.97 Å². The second-order valence-corrected chi connectivity index (χ2v) is 6.20. The normalized spacial score (nSPS) is 20.9. The van der Waals surface area contributed by atoms with Crippen LogP contribution in [0.3, 0.4) is 0 Å². The Hall–Kier alpha value is -2.42. The summed E-state index contributed by atoms with van der Waals surface area (Å²) >= 11 is 0. The molecule has 22 heavy (non-hydrogen) atoms. The molecule has 0 amide bonds. The number of hydrogen-bond donors (Lipinski definition) is 0. The molecule has 0 saturated carbocycles. The van der Waals surface area contributed by atoms with Crippen LogP contribution in [0.25, 0.3) is 10.9 Å². The Bertz CT molecular complexity index is 813. The van der Waals surface area contributed by atoms with Crippen LogP contribution in [0.15, 0.2) is 54.9 Å². The van der Waals surface area contributed by atoms with Gasteiger partial charge in [0.05, 0.1) is 11.6 Å². The van der Waals surface area contributed by atoms with Crippen LogP contribution in [0, 0.1) is 12.8 Å². The molecule has 1 aliphatic heterocycles. The van der Waals surface area contributed by atoms with E-state index in [9.17, 15) is 0 Å². The number of anilines is 1. The van der Waals surface area contributed by atoms with Crippen LogP contribution < -0.4 is 4.90 Å². The highest BCUT2D eigenvalue weighted by Crippen LogP contribution is 2.42. The third kappa shape index (κ3) is 2.05. The predicted octanol–water partition coefficient (Wildman–Crippen LogP) is 4.14. The van der Waals surface area contributed by atoms with Crippen molar-refractivity contribution in [2.75, 3.05) is 11.4 Å². The fraction of sp³-hybridized carbons (Fsp3) is 0.263. The second-order valence-electron chi connectivity index (χ2n) is 6.20. The Morgan fingerprint density at radius 2 is 1.86 bits per heavy atom. The summed E-state index contributed by atoms with van der Waals surface area (Å²) in [5.41, 5.74) is 3.62. The van der Waals surface area contributed by atoms with Crippen molar-refractivity contribution < 1.29 is 0 Å². The average Bonchev–Trinajstić information content (AvgIpc) is 2.53. The van der Waals surface area contributed by atoms with Gasteiger partial charge in [-0.1, -0.05) is 48.9 Å². The Balaban J connectivity index is 1.81. The van der Waals surface area contributed by atoms with Crippen molar-refractivity contribution in [2.24, 2.45) is 5.92 Å². The number of benzene rings is 2. The van der Waals surface area contributed by atoms with Crippen LogP contribution in [0.5, 0.6) is 0 Å². The molecule has 0 aliphatic carbocycles. The van der Waals surface area contributed by atoms with Gasteiger partial charge in [-0.25, -0.2) is 9.97 Å². The molecule has 0 radical (unpaired) electrons. The molecule has 2 aromatic carbocycles. The molecule has 2 unspecified atom stereocenters. The van der Waals surface area contributed by atoms with E-state index in [1.807, 2.05) is 0 Å². The monoisotopic (exact) mass is 289 g/mol. The Morgan fingerprint density at radius 1 is 1.05 bits per heavy atom. The molecule has 2 heterocycles. The van der Waals surface area contributed by atoms with Gasteiger partial charge in [-0.2, -0.15) is 0 Å². The van der Waals surface area contributed by atoms with Crippen LogP contribution in [-0.2, 0) is 0 Å². The van der Waals surface area contributed by atoms with Gasteiger partial charge < -0.3 is 4.90 Å². The highest BCUT2D eigenvalue weighted by molar-refractivity contribution is 5.90. The summed E-state index contributed by atoms with van der Waals surface area (Å²) in [7, 11) is 0. The van der Waals surface area contributed by atoms with Gasteiger partial charge in [-0.3, -0.25) is 0 Å². The van der Waals surface area contributed by atoms with Crippen LogP contribution >= 0.6 is 0 Å². The van der Waals surface area contributed by atoms with Crippen molar-refractivity contribution in [2.45, 2.75) is 19.9 Å². The number of rotatable bonds is 2. The van der Waals surface area contributed by atoms with Crippen LogP contribution in [0.2, 0.25) is 0 Å². The molecule has 4 rings (SSSR count). The topological polar surface area (TPSA) is 29.0 Å². The Kier molecular flexibility index (Phi) is 3.07. The van der Waals surface area contributed by atoms with Gasteiger partial charge in [0.25, 0.3) is 0 Å². The van der Waals surface area contributed by atoms with Gasteiger partial charge >= 0.3 is 0 Å². The summed E-state index contributed by atoms with van der Waals surface area (Å²) in [5.74, 6) is 1.69. The first-order valence-electron chi connectivity index (χ1n) is 7.77. The van der Waals surface area contributed by atoms with E-state index >= 15 is 0 Å².